The van der Waals surface area contributed by atoms with Crippen molar-refractivity contribution in [3.63, 3.8) is 0 Å². The van der Waals surface area contributed by atoms with Crippen molar-refractivity contribution in [1.29, 1.82) is 0 Å². The summed E-state index contributed by atoms with van der Waals surface area (Å²) in [6, 6.07) is 6.70. The highest BCUT2D eigenvalue weighted by atomic mass is 19.1. The summed E-state index contributed by atoms with van der Waals surface area (Å²) in [6.45, 7) is 8.52. The molecular formula is C18H27FN2O. The van der Waals surface area contributed by atoms with Crippen LogP contribution in [-0.2, 0) is 11.3 Å². The predicted octanol–water partition coefficient (Wildman–Crippen LogP) is 3.30. The molecule has 1 amide bonds. The van der Waals surface area contributed by atoms with Crippen LogP contribution in [0.4, 0.5) is 4.39 Å². The van der Waals surface area contributed by atoms with Gasteiger partial charge in [0.25, 0.3) is 0 Å². The molecule has 22 heavy (non-hydrogen) atoms. The number of nitrogens with zero attached hydrogens (tertiary/aromatic N) is 2. The first-order chi connectivity index (χ1) is 10.6. The Morgan fingerprint density at radius 3 is 2.59 bits per heavy atom. The van der Waals surface area contributed by atoms with Crippen LogP contribution < -0.4 is 0 Å². The molecule has 0 aromatic heterocycles. The minimum Gasteiger partial charge on any atom is -0.341 e. The highest BCUT2D eigenvalue weighted by Gasteiger charge is 2.22. The van der Waals surface area contributed by atoms with Gasteiger partial charge < -0.3 is 4.90 Å². The van der Waals surface area contributed by atoms with E-state index < -0.39 is 0 Å². The fourth-order valence-corrected chi connectivity index (χ4v) is 3.07. The van der Waals surface area contributed by atoms with Crippen molar-refractivity contribution < 1.29 is 9.18 Å². The molecule has 1 aliphatic rings. The second kappa shape index (κ2) is 8.28. The van der Waals surface area contributed by atoms with Gasteiger partial charge in [0.2, 0.25) is 5.91 Å². The van der Waals surface area contributed by atoms with Crippen molar-refractivity contribution in [3.05, 3.63) is 35.6 Å². The summed E-state index contributed by atoms with van der Waals surface area (Å²) in [4.78, 5) is 16.8. The first kappa shape index (κ1) is 16.9. The number of carbonyl (C=O) groups excluding carboxylic acids is 1. The quantitative estimate of drug-likeness (QED) is 0.833. The Balaban J connectivity index is 1.86. The fourth-order valence-electron chi connectivity index (χ4n) is 3.07. The molecule has 1 unspecified atom stereocenters. The molecule has 0 bridgehead atoms. The van der Waals surface area contributed by atoms with Gasteiger partial charge in [-0.25, -0.2) is 4.39 Å². The summed E-state index contributed by atoms with van der Waals surface area (Å²) in [5, 5.41) is 0. The number of hydrogen-bond donors (Lipinski definition) is 0. The number of benzene rings is 1. The smallest absolute Gasteiger partial charge is 0.225 e. The molecule has 1 heterocycles. The average Bonchev–Trinajstić information content (AvgIpc) is 2.75. The summed E-state index contributed by atoms with van der Waals surface area (Å²) in [5.41, 5.74) is 1.13. The lowest BCUT2D eigenvalue weighted by molar-refractivity contribution is -0.135. The molecule has 3 nitrogen and oxygen atoms in total. The van der Waals surface area contributed by atoms with E-state index in [1.165, 1.54) is 12.1 Å². The van der Waals surface area contributed by atoms with Crippen LogP contribution >= 0.6 is 0 Å². The SMILES string of the molecule is CCCC(C)C(=O)N1CCCN(Cc2ccc(F)cc2)CC1. The molecule has 4 heteroatoms. The van der Waals surface area contributed by atoms with Gasteiger partial charge in [-0.15, -0.1) is 0 Å². The average molecular weight is 306 g/mol. The first-order valence-corrected chi connectivity index (χ1v) is 8.35. The third kappa shape index (κ3) is 4.80. The van der Waals surface area contributed by atoms with E-state index in [0.717, 1.165) is 57.5 Å². The van der Waals surface area contributed by atoms with Gasteiger partial charge in [0.05, 0.1) is 0 Å². The lowest BCUT2D eigenvalue weighted by Gasteiger charge is -2.24. The van der Waals surface area contributed by atoms with Gasteiger partial charge in [-0.3, -0.25) is 9.69 Å². The zero-order valence-electron chi connectivity index (χ0n) is 13.7. The summed E-state index contributed by atoms with van der Waals surface area (Å²) in [6.07, 6.45) is 3.03. The highest BCUT2D eigenvalue weighted by molar-refractivity contribution is 5.78. The van der Waals surface area contributed by atoms with Crippen molar-refractivity contribution >= 4 is 5.91 Å². The Morgan fingerprint density at radius 1 is 1.18 bits per heavy atom. The Hall–Kier alpha value is -1.42. The summed E-state index contributed by atoms with van der Waals surface area (Å²) < 4.78 is 13.0. The summed E-state index contributed by atoms with van der Waals surface area (Å²) in [5.74, 6) is 0.237. The third-order valence-electron chi connectivity index (χ3n) is 4.36. The maximum atomic E-state index is 13.0. The third-order valence-corrected chi connectivity index (χ3v) is 4.36. The van der Waals surface area contributed by atoms with Crippen LogP contribution in [0.5, 0.6) is 0 Å². The van der Waals surface area contributed by atoms with Gasteiger partial charge in [0.1, 0.15) is 5.82 Å². The lowest BCUT2D eigenvalue weighted by Crippen LogP contribution is -2.38. The predicted molar refractivity (Wildman–Crippen MR) is 86.9 cm³/mol. The molecule has 0 saturated carbocycles. The monoisotopic (exact) mass is 306 g/mol. The number of hydrogen-bond acceptors (Lipinski definition) is 2. The molecule has 1 saturated heterocycles. The first-order valence-electron chi connectivity index (χ1n) is 8.35. The Morgan fingerprint density at radius 2 is 1.91 bits per heavy atom. The molecule has 0 radical (unpaired) electrons. The highest BCUT2D eigenvalue weighted by Crippen LogP contribution is 2.14. The van der Waals surface area contributed by atoms with Crippen molar-refractivity contribution in [2.24, 2.45) is 5.92 Å². The Bertz CT molecular complexity index is 474. The largest absolute Gasteiger partial charge is 0.341 e. The molecule has 2 rings (SSSR count). The number of amides is 1. The van der Waals surface area contributed by atoms with Crippen LogP contribution in [-0.4, -0.2) is 41.9 Å². The van der Waals surface area contributed by atoms with E-state index in [1.54, 1.807) is 0 Å². The molecule has 0 aliphatic carbocycles. The van der Waals surface area contributed by atoms with E-state index in [9.17, 15) is 9.18 Å². The van der Waals surface area contributed by atoms with Crippen LogP contribution in [0.1, 0.15) is 38.7 Å². The van der Waals surface area contributed by atoms with Crippen LogP contribution in [0, 0.1) is 11.7 Å². The summed E-state index contributed by atoms with van der Waals surface area (Å²) >= 11 is 0. The molecule has 1 atom stereocenters. The maximum absolute atomic E-state index is 13.0. The second-order valence-corrected chi connectivity index (χ2v) is 6.27. The Labute approximate surface area is 133 Å². The normalized spacial score (nSPS) is 18.0. The van der Waals surface area contributed by atoms with E-state index in [-0.39, 0.29) is 11.7 Å². The van der Waals surface area contributed by atoms with Gasteiger partial charge in [-0.2, -0.15) is 0 Å². The van der Waals surface area contributed by atoms with E-state index in [4.69, 9.17) is 0 Å². The zero-order valence-corrected chi connectivity index (χ0v) is 13.7. The maximum Gasteiger partial charge on any atom is 0.225 e. The van der Waals surface area contributed by atoms with Gasteiger partial charge >= 0.3 is 0 Å². The zero-order chi connectivity index (χ0) is 15.9. The van der Waals surface area contributed by atoms with Crippen molar-refractivity contribution in [3.8, 4) is 0 Å². The van der Waals surface area contributed by atoms with Gasteiger partial charge in [-0.1, -0.05) is 32.4 Å². The molecule has 0 spiro atoms. The molecule has 1 aliphatic heterocycles. The molecular weight excluding hydrogens is 279 g/mol. The van der Waals surface area contributed by atoms with E-state index in [0.29, 0.717) is 5.91 Å². The van der Waals surface area contributed by atoms with Crippen LogP contribution in [0.3, 0.4) is 0 Å². The van der Waals surface area contributed by atoms with Crippen molar-refractivity contribution in [2.45, 2.75) is 39.7 Å². The summed E-state index contributed by atoms with van der Waals surface area (Å²) in [7, 11) is 0. The number of carbonyl (C=O) groups is 1. The molecule has 1 fully saturated rings. The van der Waals surface area contributed by atoms with Crippen LogP contribution in [0.15, 0.2) is 24.3 Å². The number of rotatable bonds is 5. The molecule has 122 valence electrons. The van der Waals surface area contributed by atoms with E-state index >= 15 is 0 Å². The minimum absolute atomic E-state index is 0.133. The fraction of sp³-hybridized carbons (Fsp3) is 0.611. The van der Waals surface area contributed by atoms with Gasteiger partial charge in [0, 0.05) is 38.6 Å². The minimum atomic E-state index is -0.193. The Kier molecular flexibility index (Phi) is 6.37. The standard InChI is InChI=1S/C18H27FN2O/c1-3-5-15(2)18(22)21-11-4-10-20(12-13-21)14-16-6-8-17(19)9-7-16/h6-9,15H,3-5,10-14H2,1-2H3. The van der Waals surface area contributed by atoms with Crippen LogP contribution in [0.25, 0.3) is 0 Å². The second-order valence-electron chi connectivity index (χ2n) is 6.27. The number of halogens is 1. The van der Waals surface area contributed by atoms with Gasteiger partial charge in [0.15, 0.2) is 0 Å². The topological polar surface area (TPSA) is 23.6 Å². The molecule has 1 aromatic carbocycles. The van der Waals surface area contributed by atoms with Gasteiger partial charge in [-0.05, 0) is 30.5 Å². The van der Waals surface area contributed by atoms with Crippen LogP contribution in [0.2, 0.25) is 0 Å². The van der Waals surface area contributed by atoms with Crippen molar-refractivity contribution in [1.82, 2.24) is 9.80 Å². The van der Waals surface area contributed by atoms with Crippen molar-refractivity contribution in [2.75, 3.05) is 26.2 Å². The molecule has 1 aromatic rings. The van der Waals surface area contributed by atoms with E-state index in [2.05, 4.69) is 11.8 Å². The lowest BCUT2D eigenvalue weighted by atomic mass is 10.0. The van der Waals surface area contributed by atoms with E-state index in [1.807, 2.05) is 24.0 Å². The molecule has 0 N–H and O–H groups in total.